The van der Waals surface area contributed by atoms with Gasteiger partial charge in [0, 0.05) is 32.5 Å². The molecule has 6 atom stereocenters. The van der Waals surface area contributed by atoms with E-state index in [0.29, 0.717) is 5.56 Å². The number of aromatic nitrogens is 1. The Morgan fingerprint density at radius 3 is 2.27 bits per heavy atom. The van der Waals surface area contributed by atoms with E-state index in [0.717, 1.165) is 16.1 Å². The summed E-state index contributed by atoms with van der Waals surface area (Å²) in [6.07, 6.45) is -1.10. The molecule has 0 saturated carbocycles. The molecule has 2 aromatic rings. The minimum Gasteiger partial charge on any atom is -0.391 e. The van der Waals surface area contributed by atoms with Crippen molar-refractivity contribution in [3.63, 3.8) is 0 Å². The van der Waals surface area contributed by atoms with Gasteiger partial charge in [0.25, 0.3) is 0 Å². The summed E-state index contributed by atoms with van der Waals surface area (Å²) >= 11 is 1.50. The fourth-order valence-electron chi connectivity index (χ4n) is 5.85. The summed E-state index contributed by atoms with van der Waals surface area (Å²) in [6.45, 7) is 7.72. The van der Waals surface area contributed by atoms with E-state index in [2.05, 4.69) is 31.6 Å². The average molecular weight is 729 g/mol. The molecule has 0 unspecified atom stereocenters. The van der Waals surface area contributed by atoms with Gasteiger partial charge in [-0.15, -0.1) is 11.3 Å². The Morgan fingerprint density at radius 1 is 0.961 bits per heavy atom. The Hall–Kier alpha value is -4.45. The number of hydrogen-bond acceptors (Lipinski definition) is 11. The van der Waals surface area contributed by atoms with Crippen LogP contribution < -0.4 is 32.3 Å². The van der Waals surface area contributed by atoms with Crippen molar-refractivity contribution < 1.29 is 38.6 Å². The van der Waals surface area contributed by atoms with Crippen LogP contribution in [-0.4, -0.2) is 120 Å². The van der Waals surface area contributed by atoms with Gasteiger partial charge in [-0.1, -0.05) is 45.0 Å². The number of benzene rings is 1. The first-order valence-corrected chi connectivity index (χ1v) is 17.7. The summed E-state index contributed by atoms with van der Waals surface area (Å²) in [5.74, 6) is -3.85. The van der Waals surface area contributed by atoms with Crippen molar-refractivity contribution in [3.05, 3.63) is 41.0 Å². The Bertz CT molecular complexity index is 1590. The molecule has 278 valence electrons. The maximum absolute atomic E-state index is 14.0. The molecule has 2 saturated heterocycles. The van der Waals surface area contributed by atoms with Crippen molar-refractivity contribution in [2.45, 2.75) is 83.8 Å². The van der Waals surface area contributed by atoms with Gasteiger partial charge >= 0.3 is 0 Å². The first-order valence-electron chi connectivity index (χ1n) is 16.8. The molecular weight excluding hydrogens is 680 g/mol. The lowest BCUT2D eigenvalue weighted by Gasteiger charge is -2.35. The van der Waals surface area contributed by atoms with E-state index in [1.54, 1.807) is 26.3 Å². The predicted molar refractivity (Wildman–Crippen MR) is 188 cm³/mol. The predicted octanol–water partition coefficient (Wildman–Crippen LogP) is -1.27. The molecule has 1 aromatic carbocycles. The fourth-order valence-corrected chi connectivity index (χ4v) is 6.66. The molecule has 51 heavy (non-hydrogen) atoms. The number of hydrogen-bond donors (Lipinski definition) is 7. The number of fused-ring (bicyclic) bond motifs is 1. The lowest BCUT2D eigenvalue weighted by molar-refractivity contribution is -0.145. The highest BCUT2D eigenvalue weighted by Gasteiger charge is 2.45. The number of amides is 6. The Balaban J connectivity index is 1.65. The summed E-state index contributed by atoms with van der Waals surface area (Å²) in [5.41, 5.74) is 9.21. The van der Waals surface area contributed by atoms with Crippen molar-refractivity contribution in [2.24, 2.45) is 11.1 Å². The van der Waals surface area contributed by atoms with E-state index >= 15 is 0 Å². The highest BCUT2D eigenvalue weighted by Crippen LogP contribution is 2.28. The lowest BCUT2D eigenvalue weighted by Crippen LogP contribution is -2.60. The zero-order valence-electron chi connectivity index (χ0n) is 29.5. The molecule has 2 aliphatic rings. The first-order chi connectivity index (χ1) is 24.1. The number of carbonyl (C=O) groups excluding carboxylic acids is 6. The van der Waals surface area contributed by atoms with Gasteiger partial charge in [0.05, 0.1) is 28.8 Å². The molecule has 0 bridgehead atoms. The zero-order valence-corrected chi connectivity index (χ0v) is 30.3. The first kappa shape index (κ1) is 39.3. The second-order valence-electron chi connectivity index (χ2n) is 13.9. The quantitative estimate of drug-likeness (QED) is 0.197. The highest BCUT2D eigenvalue weighted by atomic mass is 32.1. The Kier molecular flexibility index (Phi) is 13.2. The maximum atomic E-state index is 14.0. The number of carbonyl (C=O) groups is 6. The number of nitrogens with zero attached hydrogens (tertiary/aromatic N) is 2. The molecule has 1 aromatic heterocycles. The topological polar surface area (TPSA) is 234 Å². The van der Waals surface area contributed by atoms with Crippen LogP contribution in [0.4, 0.5) is 0 Å². The third-order valence-corrected chi connectivity index (χ3v) is 9.69. The largest absolute Gasteiger partial charge is 0.391 e. The summed E-state index contributed by atoms with van der Waals surface area (Å²) in [6, 6.07) is 1.70. The van der Waals surface area contributed by atoms with Crippen LogP contribution in [0.15, 0.2) is 29.8 Å². The van der Waals surface area contributed by atoms with Crippen LogP contribution in [0.25, 0.3) is 10.4 Å². The van der Waals surface area contributed by atoms with Crippen LogP contribution in [0.3, 0.4) is 0 Å². The maximum Gasteiger partial charge on any atom is 0.246 e. The Labute approximate surface area is 300 Å². The van der Waals surface area contributed by atoms with Gasteiger partial charge in [-0.05, 0) is 30.4 Å². The van der Waals surface area contributed by atoms with Crippen molar-refractivity contribution >= 4 is 46.8 Å². The number of aliphatic hydroxyl groups is 1. The van der Waals surface area contributed by atoms with E-state index in [9.17, 15) is 33.9 Å². The van der Waals surface area contributed by atoms with Crippen LogP contribution in [0.5, 0.6) is 0 Å². The van der Waals surface area contributed by atoms with Gasteiger partial charge in [-0.3, -0.25) is 28.8 Å². The van der Waals surface area contributed by atoms with Gasteiger partial charge in [-0.2, -0.15) is 0 Å². The molecule has 3 heterocycles. The molecule has 6 amide bonds. The van der Waals surface area contributed by atoms with E-state index < -0.39 is 83.8 Å². The van der Waals surface area contributed by atoms with Crippen molar-refractivity contribution in [3.8, 4) is 10.4 Å². The van der Waals surface area contributed by atoms with Gasteiger partial charge in [0.1, 0.15) is 36.8 Å². The molecule has 4 rings (SSSR count). The summed E-state index contributed by atoms with van der Waals surface area (Å²) < 4.78 is 5.40. The van der Waals surface area contributed by atoms with Crippen LogP contribution in [0.2, 0.25) is 0 Å². The van der Waals surface area contributed by atoms with Crippen molar-refractivity contribution in [1.29, 1.82) is 0 Å². The highest BCUT2D eigenvalue weighted by molar-refractivity contribution is 7.13. The summed E-state index contributed by atoms with van der Waals surface area (Å²) in [5, 5.41) is 23.8. The smallest absolute Gasteiger partial charge is 0.246 e. The molecule has 0 spiro atoms. The van der Waals surface area contributed by atoms with Crippen LogP contribution in [0.1, 0.15) is 45.4 Å². The molecule has 17 heteroatoms. The average Bonchev–Trinajstić information content (AvgIpc) is 3.69. The third kappa shape index (κ3) is 10.3. The molecule has 0 radical (unpaired) electrons. The number of ether oxygens (including phenoxy) is 1. The monoisotopic (exact) mass is 728 g/mol. The lowest BCUT2D eigenvalue weighted by atomic mass is 9.85. The molecule has 2 aliphatic heterocycles. The van der Waals surface area contributed by atoms with Gasteiger partial charge in [-0.25, -0.2) is 4.98 Å². The third-order valence-electron chi connectivity index (χ3n) is 8.72. The van der Waals surface area contributed by atoms with Gasteiger partial charge in [0.2, 0.25) is 35.4 Å². The normalized spacial score (nSPS) is 26.6. The second kappa shape index (κ2) is 17.2. The van der Waals surface area contributed by atoms with E-state index in [-0.39, 0.29) is 39.1 Å². The van der Waals surface area contributed by atoms with Crippen LogP contribution in [-0.2, 0) is 39.9 Å². The molecule has 8 N–H and O–H groups in total. The number of rotatable bonds is 4. The zero-order chi connectivity index (χ0) is 37.5. The van der Waals surface area contributed by atoms with E-state index in [4.69, 9.17) is 10.5 Å². The molecule has 16 nitrogen and oxygen atoms in total. The Morgan fingerprint density at radius 2 is 1.65 bits per heavy atom. The number of nitrogens with two attached hydrogens (primary N) is 1. The van der Waals surface area contributed by atoms with E-state index in [1.165, 1.54) is 23.2 Å². The fraction of sp³-hybridized carbons (Fsp3) is 0.559. The van der Waals surface area contributed by atoms with Gasteiger partial charge in [0.15, 0.2) is 0 Å². The van der Waals surface area contributed by atoms with E-state index in [1.807, 2.05) is 31.2 Å². The van der Waals surface area contributed by atoms with Crippen LogP contribution >= 0.6 is 11.3 Å². The second-order valence-corrected chi connectivity index (χ2v) is 14.7. The van der Waals surface area contributed by atoms with Crippen molar-refractivity contribution in [2.75, 3.05) is 32.8 Å². The molecule has 0 aliphatic carbocycles. The SMILES string of the molecule is Cc1ncsc1-c1ccc(C[C@H]2NC(=O)[C@@H]3C[C@@H](O)CN3C(=O)[C@H](C(C)(C)C)NC(=O)COCCNC(=O)[C@@H](CN)NC(=O)[C@@H](C)NC2=O)cc1. The molecular formula is C34H48N8O8S. The number of thiazole rings is 1. The minimum atomic E-state index is -1.21. The standard InChI is InChI=1S/C34H48N8O8S/c1-18-27(51-17-37-18)21-8-6-20(7-9-21)12-23-31(47)38-19(2)29(45)40-24(14-35)30(46)36-10-11-50-16-26(44)41-28(34(3,4)5)33(49)42-15-22(43)13-25(42)32(48)39-23/h6-9,17,19,22-25,28,43H,10-16,35H2,1-5H3,(H,36,46)(H,38,47)(H,39,48)(H,40,45)(H,41,44)/t19-,22-,23-,24-,25+,28-/m1/s1. The molecule has 2 fully saturated rings. The number of aryl methyl sites for hydroxylation is 1. The summed E-state index contributed by atoms with van der Waals surface area (Å²) in [4.78, 5) is 86.9. The van der Waals surface area contributed by atoms with Crippen molar-refractivity contribution in [1.82, 2.24) is 36.5 Å². The summed E-state index contributed by atoms with van der Waals surface area (Å²) in [7, 11) is 0. The van der Waals surface area contributed by atoms with Gasteiger partial charge < -0.3 is 47.1 Å². The van der Waals surface area contributed by atoms with Crippen LogP contribution in [0, 0.1) is 12.3 Å². The minimum absolute atomic E-state index is 0.0000117. The number of aliphatic hydroxyl groups excluding tert-OH is 1. The number of nitrogens with one attached hydrogen (secondary N) is 5.